The standard InChI is InChI=1S/C6H14N2O2.4Na.H4O7P2/c7-4-2-1-3-5(8)6(9)10;;;;;1-8(2,3)7-9(4,5)6/h5H,1-4,7-8H2,(H,9,10);;;;;(H2,1,2,3)(H2,4,5,6)/q;4*+1;/p-4/t5-;;;;;/m0...../s1. The molecule has 0 spiro atoms. The maximum Gasteiger partial charge on any atom is 1.00 e. The second-order valence-corrected chi connectivity index (χ2v) is 5.65. The Morgan fingerprint density at radius 2 is 1.35 bits per heavy atom. The zero-order valence-corrected chi connectivity index (χ0v) is 23.5. The van der Waals surface area contributed by atoms with Crippen LogP contribution in [-0.4, -0.2) is 23.7 Å². The zero-order valence-electron chi connectivity index (χ0n) is 13.7. The summed E-state index contributed by atoms with van der Waals surface area (Å²) in [5.74, 6) is -0.933. The summed E-state index contributed by atoms with van der Waals surface area (Å²) in [6, 6.07) is -0.716. The molecule has 0 unspecified atom stereocenters. The van der Waals surface area contributed by atoms with Crippen molar-refractivity contribution in [2.75, 3.05) is 6.54 Å². The first kappa shape index (κ1) is 41.1. The first-order valence-electron chi connectivity index (χ1n) is 4.83. The zero-order chi connectivity index (χ0) is 15.7. The SMILES string of the molecule is NCCCC[C@H](N)C(=O)O.O=P([O-])([O-])OP(=O)([O-])[O-].[Na+].[Na+].[Na+].[Na+]. The summed E-state index contributed by atoms with van der Waals surface area (Å²) < 4.78 is 21.2. The van der Waals surface area contributed by atoms with Crippen molar-refractivity contribution in [3.63, 3.8) is 0 Å². The smallest absolute Gasteiger partial charge is 0.790 e. The van der Waals surface area contributed by atoms with E-state index in [0.29, 0.717) is 13.0 Å². The molecule has 0 aliphatic heterocycles. The predicted octanol–water partition coefficient (Wildman–Crippen LogP) is -15.8. The van der Waals surface area contributed by atoms with Gasteiger partial charge in [-0.05, 0) is 19.4 Å². The fourth-order valence-electron chi connectivity index (χ4n) is 0.755. The van der Waals surface area contributed by atoms with Crippen molar-refractivity contribution in [2.24, 2.45) is 11.5 Å². The van der Waals surface area contributed by atoms with Crippen LogP contribution in [0.4, 0.5) is 0 Å². The number of unbranched alkanes of at least 4 members (excludes halogenated alkanes) is 1. The Hall–Kier alpha value is 3.65. The Labute approximate surface area is 222 Å². The van der Waals surface area contributed by atoms with Crippen LogP contribution in [0, 0.1) is 0 Å². The van der Waals surface area contributed by atoms with Gasteiger partial charge in [-0.25, -0.2) is 0 Å². The number of rotatable bonds is 7. The van der Waals surface area contributed by atoms with Gasteiger partial charge in [-0.2, -0.15) is 0 Å². The van der Waals surface area contributed by atoms with Crippen molar-refractivity contribution in [2.45, 2.75) is 25.3 Å². The van der Waals surface area contributed by atoms with Gasteiger partial charge in [-0.3, -0.25) is 4.79 Å². The molecule has 0 saturated carbocycles. The average molecular weight is 412 g/mol. The van der Waals surface area contributed by atoms with Crippen LogP contribution in [0.2, 0.25) is 0 Å². The van der Waals surface area contributed by atoms with Crippen LogP contribution in [-0.2, 0) is 18.2 Å². The fraction of sp³-hybridized carbons (Fsp3) is 0.833. The molecule has 0 saturated heterocycles. The fourth-order valence-corrected chi connectivity index (χ4v) is 1.73. The number of carboxylic acids is 1. The molecule has 0 fully saturated rings. The van der Waals surface area contributed by atoms with E-state index in [0.717, 1.165) is 12.8 Å². The van der Waals surface area contributed by atoms with Gasteiger partial charge in [0.05, 0.1) is 15.6 Å². The van der Waals surface area contributed by atoms with Gasteiger partial charge in [0.15, 0.2) is 0 Å². The maximum absolute atomic E-state index is 10.1. The monoisotopic (exact) mass is 412 g/mol. The Morgan fingerprint density at radius 3 is 1.52 bits per heavy atom. The summed E-state index contributed by atoms with van der Waals surface area (Å²) in [7, 11) is -11.4. The van der Waals surface area contributed by atoms with Gasteiger partial charge in [0.25, 0.3) is 0 Å². The molecule has 0 aromatic rings. The van der Waals surface area contributed by atoms with E-state index in [2.05, 4.69) is 4.31 Å². The van der Waals surface area contributed by atoms with Crippen molar-refractivity contribution in [1.29, 1.82) is 0 Å². The third kappa shape index (κ3) is 41.2. The van der Waals surface area contributed by atoms with Crippen LogP contribution in [0.3, 0.4) is 0 Å². The van der Waals surface area contributed by atoms with Crippen LogP contribution >= 0.6 is 15.6 Å². The first-order chi connectivity index (χ1) is 8.39. The van der Waals surface area contributed by atoms with Gasteiger partial charge in [0, 0.05) is 0 Å². The van der Waals surface area contributed by atoms with Crippen LogP contribution in [0.5, 0.6) is 0 Å². The van der Waals surface area contributed by atoms with E-state index >= 15 is 0 Å². The van der Waals surface area contributed by atoms with E-state index < -0.39 is 27.7 Å². The van der Waals surface area contributed by atoms with Gasteiger partial charge < -0.3 is 49.6 Å². The quantitative estimate of drug-likeness (QED) is 0.202. The Balaban J connectivity index is -0.0000000537. The number of carboxylic acid groups (broad SMARTS) is 1. The molecule has 0 bridgehead atoms. The van der Waals surface area contributed by atoms with E-state index in [-0.39, 0.29) is 118 Å². The molecule has 5 N–H and O–H groups in total. The summed E-state index contributed by atoms with van der Waals surface area (Å²) >= 11 is 0. The van der Waals surface area contributed by atoms with Gasteiger partial charge in [0.1, 0.15) is 6.04 Å². The molecule has 0 rings (SSSR count). The molecule has 1 atom stereocenters. The van der Waals surface area contributed by atoms with E-state index in [1.165, 1.54) is 0 Å². The van der Waals surface area contributed by atoms with E-state index in [9.17, 15) is 33.5 Å². The summed E-state index contributed by atoms with van der Waals surface area (Å²) in [6.07, 6.45) is 2.16. The number of hydrogen-bond acceptors (Lipinski definition) is 10. The van der Waals surface area contributed by atoms with Gasteiger partial charge in [-0.15, -0.1) is 0 Å². The number of nitrogens with two attached hydrogens (primary N) is 2. The average Bonchev–Trinajstić information content (AvgIpc) is 2.12. The van der Waals surface area contributed by atoms with Crippen molar-refractivity contribution >= 4 is 21.6 Å². The number of carbonyl (C=O) groups is 1. The molecule has 0 amide bonds. The third-order valence-electron chi connectivity index (χ3n) is 1.49. The van der Waals surface area contributed by atoms with Crippen LogP contribution in [0.1, 0.15) is 19.3 Å². The molecule has 0 radical (unpaired) electrons. The van der Waals surface area contributed by atoms with Gasteiger partial charge in [-0.1, -0.05) is 6.42 Å². The van der Waals surface area contributed by atoms with Crippen molar-refractivity contribution in [1.82, 2.24) is 0 Å². The first-order valence-corrected chi connectivity index (χ1v) is 7.75. The van der Waals surface area contributed by atoms with Crippen LogP contribution in [0.25, 0.3) is 0 Å². The van der Waals surface area contributed by atoms with Crippen molar-refractivity contribution in [3.8, 4) is 0 Å². The van der Waals surface area contributed by atoms with Gasteiger partial charge >= 0.3 is 124 Å². The second-order valence-electron chi connectivity index (χ2n) is 3.21. The molecule has 11 nitrogen and oxygen atoms in total. The molecule has 23 heavy (non-hydrogen) atoms. The minimum Gasteiger partial charge on any atom is -0.790 e. The van der Waals surface area contributed by atoms with Crippen molar-refractivity contribution in [3.05, 3.63) is 0 Å². The van der Waals surface area contributed by atoms with E-state index in [4.69, 9.17) is 16.6 Å². The molecular weight excluding hydrogens is 398 g/mol. The Bertz CT molecular complexity index is 346. The molecular formula is C6H14N2Na4O9P2. The molecule has 0 aliphatic rings. The van der Waals surface area contributed by atoms with Crippen LogP contribution < -0.4 is 149 Å². The summed E-state index contributed by atoms with van der Waals surface area (Å²) in [4.78, 5) is 47.4. The molecule has 17 heteroatoms. The topological polar surface area (TPSA) is 225 Å². The summed E-state index contributed by atoms with van der Waals surface area (Å²) in [5, 5.41) is 8.33. The summed E-state index contributed by atoms with van der Waals surface area (Å²) in [5.41, 5.74) is 10.4. The molecule has 0 aromatic heterocycles. The number of hydrogen-bond donors (Lipinski definition) is 3. The predicted molar refractivity (Wildman–Crippen MR) is 54.8 cm³/mol. The van der Waals surface area contributed by atoms with Crippen LogP contribution in [0.15, 0.2) is 0 Å². The molecule has 116 valence electrons. The molecule has 0 heterocycles. The number of phosphoric acid groups is 2. The minimum atomic E-state index is -5.68. The normalized spacial score (nSPS) is 11.0. The Kier molecular flexibility index (Phi) is 39.2. The third-order valence-corrected chi connectivity index (χ3v) is 3.09. The molecule has 0 aliphatic carbocycles. The van der Waals surface area contributed by atoms with Crippen molar-refractivity contribution < 1.29 is 161 Å². The van der Waals surface area contributed by atoms with E-state index in [1.807, 2.05) is 0 Å². The second kappa shape index (κ2) is 21.9. The number of aliphatic carboxylic acids is 1. The van der Waals surface area contributed by atoms with E-state index in [1.54, 1.807) is 0 Å². The summed E-state index contributed by atoms with van der Waals surface area (Å²) in [6.45, 7) is 0.604. The maximum atomic E-state index is 10.1. The largest absolute Gasteiger partial charge is 1.00 e. The van der Waals surface area contributed by atoms with Gasteiger partial charge in [0.2, 0.25) is 0 Å². The molecule has 0 aromatic carbocycles. The Morgan fingerprint density at radius 1 is 1.00 bits per heavy atom. The minimum absolute atomic E-state index is 0.